The Morgan fingerprint density at radius 1 is 1.12 bits per heavy atom. The number of amides is 3. The molecule has 4 N–H and O–H groups in total. The highest BCUT2D eigenvalue weighted by molar-refractivity contribution is 5.91. The van der Waals surface area contributed by atoms with Crippen molar-refractivity contribution < 1.29 is 29.0 Å². The monoisotopic (exact) mass is 467 g/mol. The molecule has 5 unspecified atom stereocenters. The average molecular weight is 468 g/mol. The summed E-state index contributed by atoms with van der Waals surface area (Å²) in [4.78, 5) is 49.7. The molecule has 0 aromatic rings. The van der Waals surface area contributed by atoms with Crippen LogP contribution in [0.5, 0.6) is 0 Å². The number of primary amides is 1. The van der Waals surface area contributed by atoms with E-state index in [9.17, 15) is 19.2 Å². The number of carboxylic acid groups (broad SMARTS) is 1. The molecule has 9 nitrogen and oxygen atoms in total. The first kappa shape index (κ1) is 26.9. The van der Waals surface area contributed by atoms with Gasteiger partial charge in [0.05, 0.1) is 5.92 Å². The van der Waals surface area contributed by atoms with Gasteiger partial charge in [0.2, 0.25) is 11.8 Å². The molecule has 33 heavy (non-hydrogen) atoms. The number of rotatable bonds is 12. The maximum Gasteiger partial charge on any atom is 0.408 e. The van der Waals surface area contributed by atoms with Crippen LogP contribution in [0.2, 0.25) is 0 Å². The Labute approximate surface area is 196 Å². The van der Waals surface area contributed by atoms with Crippen molar-refractivity contribution in [3.63, 3.8) is 0 Å². The van der Waals surface area contributed by atoms with Crippen LogP contribution in [0.4, 0.5) is 4.79 Å². The molecule has 0 radical (unpaired) electrons. The Bertz CT molecular complexity index is 719. The lowest BCUT2D eigenvalue weighted by atomic mass is 9.96. The lowest BCUT2D eigenvalue weighted by Crippen LogP contribution is -2.53. The smallest absolute Gasteiger partial charge is 0.408 e. The molecule has 1 heterocycles. The van der Waals surface area contributed by atoms with Gasteiger partial charge in [-0.3, -0.25) is 14.4 Å². The van der Waals surface area contributed by atoms with Gasteiger partial charge in [-0.1, -0.05) is 39.0 Å². The molecular formula is C24H41N3O6. The van der Waals surface area contributed by atoms with Crippen LogP contribution in [0, 0.1) is 17.8 Å². The molecule has 5 atom stereocenters. The van der Waals surface area contributed by atoms with Crippen LogP contribution < -0.4 is 11.1 Å². The quantitative estimate of drug-likeness (QED) is 0.377. The predicted molar refractivity (Wildman–Crippen MR) is 123 cm³/mol. The summed E-state index contributed by atoms with van der Waals surface area (Å²) in [5, 5.41) is 11.8. The molecule has 2 aliphatic rings. The van der Waals surface area contributed by atoms with Crippen molar-refractivity contribution in [1.29, 1.82) is 0 Å². The molecule has 0 spiro atoms. The second-order valence-corrected chi connectivity index (χ2v) is 10.6. The number of unbranched alkanes of at least 4 members (excludes halogenated alkanes) is 3. The Balaban J connectivity index is 1.82. The van der Waals surface area contributed by atoms with Crippen LogP contribution in [-0.4, -0.2) is 58.1 Å². The molecule has 0 aromatic carbocycles. The van der Waals surface area contributed by atoms with Crippen LogP contribution in [0.3, 0.4) is 0 Å². The van der Waals surface area contributed by atoms with E-state index in [2.05, 4.69) is 12.2 Å². The summed E-state index contributed by atoms with van der Waals surface area (Å²) >= 11 is 0. The van der Waals surface area contributed by atoms with Crippen LogP contribution in [0.15, 0.2) is 0 Å². The Morgan fingerprint density at radius 2 is 1.76 bits per heavy atom. The third-order valence-corrected chi connectivity index (χ3v) is 6.64. The minimum absolute atomic E-state index is 0.166. The van der Waals surface area contributed by atoms with Gasteiger partial charge in [-0.05, 0) is 58.3 Å². The lowest BCUT2D eigenvalue weighted by molar-refractivity contribution is -0.139. The molecule has 2 rings (SSSR count). The summed E-state index contributed by atoms with van der Waals surface area (Å²) in [5.74, 6) is -0.940. The predicted octanol–water partition coefficient (Wildman–Crippen LogP) is 3.05. The number of carbonyl (C=O) groups excluding carboxylic acids is 3. The summed E-state index contributed by atoms with van der Waals surface area (Å²) in [5.41, 5.74) is 4.78. The van der Waals surface area contributed by atoms with Gasteiger partial charge in [0.25, 0.3) is 0 Å². The minimum Gasteiger partial charge on any atom is -0.481 e. The van der Waals surface area contributed by atoms with Crippen molar-refractivity contribution in [2.24, 2.45) is 23.5 Å². The molecule has 9 heteroatoms. The van der Waals surface area contributed by atoms with E-state index in [1.807, 2.05) is 0 Å². The third-order valence-electron chi connectivity index (χ3n) is 6.64. The van der Waals surface area contributed by atoms with Crippen molar-refractivity contribution in [3.8, 4) is 0 Å². The third kappa shape index (κ3) is 8.51. The number of likely N-dealkylation sites (tertiary alicyclic amines) is 1. The first-order valence-corrected chi connectivity index (χ1v) is 12.2. The minimum atomic E-state index is -0.762. The molecule has 1 saturated heterocycles. The van der Waals surface area contributed by atoms with E-state index >= 15 is 0 Å². The highest BCUT2D eigenvalue weighted by Gasteiger charge is 2.45. The largest absolute Gasteiger partial charge is 0.481 e. The maximum atomic E-state index is 13.1. The van der Waals surface area contributed by atoms with Gasteiger partial charge in [0.1, 0.15) is 17.7 Å². The zero-order chi connectivity index (χ0) is 24.8. The van der Waals surface area contributed by atoms with Crippen LogP contribution in [0.1, 0.15) is 85.5 Å². The number of alkyl carbamates (subject to hydrolysis) is 1. The van der Waals surface area contributed by atoms with E-state index < -0.39 is 35.7 Å². The van der Waals surface area contributed by atoms with Gasteiger partial charge >= 0.3 is 12.1 Å². The van der Waals surface area contributed by atoms with Gasteiger partial charge in [0.15, 0.2) is 0 Å². The number of ether oxygens (including phenoxy) is 1. The molecule has 3 amide bonds. The van der Waals surface area contributed by atoms with Gasteiger partial charge in [-0.2, -0.15) is 0 Å². The van der Waals surface area contributed by atoms with Crippen molar-refractivity contribution >= 4 is 23.9 Å². The van der Waals surface area contributed by atoms with Gasteiger partial charge in [0, 0.05) is 6.54 Å². The summed E-state index contributed by atoms with van der Waals surface area (Å²) in [7, 11) is 0. The van der Waals surface area contributed by atoms with Crippen LogP contribution >= 0.6 is 0 Å². The Hall–Kier alpha value is -2.32. The molecule has 0 bridgehead atoms. The van der Waals surface area contributed by atoms with Crippen LogP contribution in [-0.2, 0) is 19.1 Å². The topological polar surface area (TPSA) is 139 Å². The SMILES string of the molecule is CC(CCCCCCC(NC(=O)OC(C)(C)C)C(=O)N1CCCC1C(N)=O)C1CC1C(=O)O. The van der Waals surface area contributed by atoms with E-state index in [0.717, 1.165) is 38.5 Å². The second kappa shape index (κ2) is 11.7. The van der Waals surface area contributed by atoms with E-state index in [1.54, 1.807) is 20.8 Å². The maximum absolute atomic E-state index is 13.1. The second-order valence-electron chi connectivity index (χ2n) is 10.6. The number of nitrogens with two attached hydrogens (primary N) is 1. The fourth-order valence-electron chi connectivity index (χ4n) is 4.74. The van der Waals surface area contributed by atoms with E-state index in [1.165, 1.54) is 4.90 Å². The molecule has 2 fully saturated rings. The molecule has 1 saturated carbocycles. The average Bonchev–Trinajstić information content (AvgIpc) is 3.36. The molecule has 0 aromatic heterocycles. The number of carbonyl (C=O) groups is 4. The van der Waals surface area contributed by atoms with Crippen molar-refractivity contribution in [3.05, 3.63) is 0 Å². The van der Waals surface area contributed by atoms with E-state index in [4.69, 9.17) is 15.6 Å². The van der Waals surface area contributed by atoms with Gasteiger partial charge < -0.3 is 25.8 Å². The molecular weight excluding hydrogens is 426 g/mol. The first-order chi connectivity index (χ1) is 15.4. The summed E-state index contributed by atoms with van der Waals surface area (Å²) in [6, 6.07) is -1.39. The number of carboxylic acids is 1. The van der Waals surface area contributed by atoms with E-state index in [0.29, 0.717) is 37.6 Å². The van der Waals surface area contributed by atoms with Crippen LogP contribution in [0.25, 0.3) is 0 Å². The number of hydrogen-bond acceptors (Lipinski definition) is 5. The zero-order valence-electron chi connectivity index (χ0n) is 20.5. The Kier molecular flexibility index (Phi) is 9.55. The van der Waals surface area contributed by atoms with E-state index in [-0.39, 0.29) is 11.8 Å². The first-order valence-electron chi connectivity index (χ1n) is 12.2. The summed E-state index contributed by atoms with van der Waals surface area (Å²) < 4.78 is 5.33. The number of nitrogens with zero attached hydrogens (tertiary/aromatic N) is 1. The number of hydrogen-bond donors (Lipinski definition) is 3. The highest BCUT2D eigenvalue weighted by atomic mass is 16.6. The summed E-state index contributed by atoms with van der Waals surface area (Å²) in [6.45, 7) is 7.85. The number of aliphatic carboxylic acids is 1. The van der Waals surface area contributed by atoms with Crippen molar-refractivity contribution in [2.75, 3.05) is 6.54 Å². The van der Waals surface area contributed by atoms with Crippen molar-refractivity contribution in [2.45, 2.75) is 103 Å². The van der Waals surface area contributed by atoms with Gasteiger partial charge in [-0.25, -0.2) is 4.79 Å². The fourth-order valence-corrected chi connectivity index (χ4v) is 4.74. The van der Waals surface area contributed by atoms with Crippen molar-refractivity contribution in [1.82, 2.24) is 10.2 Å². The molecule has 188 valence electrons. The normalized spacial score (nSPS) is 24.1. The molecule has 1 aliphatic heterocycles. The fraction of sp³-hybridized carbons (Fsp3) is 0.833. The highest BCUT2D eigenvalue weighted by Crippen LogP contribution is 2.46. The zero-order valence-corrected chi connectivity index (χ0v) is 20.5. The molecule has 1 aliphatic carbocycles. The standard InChI is InChI=1S/C24H41N3O6/c1-15(16-14-17(16)22(30)31)10-7-5-6-8-11-18(26-23(32)33-24(2,3)4)21(29)27-13-9-12-19(27)20(25)28/h15-19H,5-14H2,1-4H3,(H2,25,28)(H,26,32)(H,30,31). The van der Waals surface area contributed by atoms with Gasteiger partial charge in [-0.15, -0.1) is 0 Å². The number of nitrogens with one attached hydrogen (secondary N) is 1. The summed E-state index contributed by atoms with van der Waals surface area (Å²) in [6.07, 6.45) is 6.49. The Morgan fingerprint density at radius 3 is 2.30 bits per heavy atom. The lowest BCUT2D eigenvalue weighted by Gasteiger charge is -2.29.